The van der Waals surface area contributed by atoms with Crippen LogP contribution in [0.25, 0.3) is 17.0 Å². The van der Waals surface area contributed by atoms with Crippen LogP contribution >= 0.6 is 0 Å². The Labute approximate surface area is 155 Å². The van der Waals surface area contributed by atoms with Gasteiger partial charge in [-0.1, -0.05) is 24.3 Å². The zero-order valence-electron chi connectivity index (χ0n) is 14.6. The summed E-state index contributed by atoms with van der Waals surface area (Å²) in [6, 6.07) is 14.6. The average Bonchev–Trinajstić information content (AvgIpc) is 3.10. The Morgan fingerprint density at radius 3 is 2.70 bits per heavy atom. The second kappa shape index (κ2) is 8.09. The van der Waals surface area contributed by atoms with Crippen molar-refractivity contribution in [2.45, 2.75) is 0 Å². The number of aryl methyl sites for hydroxylation is 1. The number of carbonyl (C=O) groups excluding carboxylic acids is 3. The van der Waals surface area contributed by atoms with Gasteiger partial charge in [0, 0.05) is 24.7 Å². The number of imide groups is 1. The predicted octanol–water partition coefficient (Wildman–Crippen LogP) is 2.09. The highest BCUT2D eigenvalue weighted by atomic mass is 16.5. The van der Waals surface area contributed by atoms with E-state index in [1.807, 2.05) is 30.3 Å². The predicted molar refractivity (Wildman–Crippen MR) is 99.6 cm³/mol. The molecule has 0 aliphatic rings. The van der Waals surface area contributed by atoms with Crippen LogP contribution in [0.5, 0.6) is 0 Å². The smallest absolute Gasteiger partial charge is 0.331 e. The summed E-state index contributed by atoms with van der Waals surface area (Å²) in [6.45, 7) is -0.551. The van der Waals surface area contributed by atoms with Crippen LogP contribution in [0.3, 0.4) is 0 Å². The number of esters is 1. The van der Waals surface area contributed by atoms with Gasteiger partial charge in [-0.05, 0) is 30.3 Å². The highest BCUT2D eigenvalue weighted by Gasteiger charge is 2.13. The lowest BCUT2D eigenvalue weighted by atomic mass is 10.2. The summed E-state index contributed by atoms with van der Waals surface area (Å²) in [6.07, 6.45) is 4.37. The first-order valence-electron chi connectivity index (χ1n) is 8.19. The number of nitrogens with one attached hydrogen (secondary N) is 1. The molecule has 0 saturated carbocycles. The van der Waals surface area contributed by atoms with E-state index in [1.54, 1.807) is 36.0 Å². The Kier molecular flexibility index (Phi) is 5.41. The van der Waals surface area contributed by atoms with E-state index >= 15 is 0 Å². The Morgan fingerprint density at radius 1 is 1.11 bits per heavy atom. The van der Waals surface area contributed by atoms with E-state index < -0.39 is 24.4 Å². The summed E-state index contributed by atoms with van der Waals surface area (Å²) >= 11 is 0. The number of pyridine rings is 1. The van der Waals surface area contributed by atoms with Crippen LogP contribution in [0.2, 0.25) is 0 Å². The minimum atomic E-state index is -0.702. The van der Waals surface area contributed by atoms with Crippen molar-refractivity contribution in [3.05, 3.63) is 72.2 Å². The minimum Gasteiger partial charge on any atom is -0.452 e. The van der Waals surface area contributed by atoms with Crippen molar-refractivity contribution in [3.8, 4) is 0 Å². The molecule has 2 heterocycles. The monoisotopic (exact) mass is 363 g/mol. The second-order valence-corrected chi connectivity index (χ2v) is 5.75. The number of rotatable bonds is 5. The number of fused-ring (bicyclic) bond motifs is 1. The molecule has 1 N–H and O–H groups in total. The Hall–Kier alpha value is -3.74. The molecule has 0 fully saturated rings. The van der Waals surface area contributed by atoms with E-state index in [2.05, 4.69) is 10.3 Å². The number of amides is 2. The van der Waals surface area contributed by atoms with Gasteiger partial charge < -0.3 is 9.30 Å². The van der Waals surface area contributed by atoms with Crippen molar-refractivity contribution in [1.29, 1.82) is 0 Å². The van der Waals surface area contributed by atoms with E-state index in [4.69, 9.17) is 4.74 Å². The molecular formula is C20H17N3O4. The molecule has 0 atom stereocenters. The quantitative estimate of drug-likeness (QED) is 0.554. The van der Waals surface area contributed by atoms with E-state index in [-0.39, 0.29) is 0 Å². The summed E-state index contributed by atoms with van der Waals surface area (Å²) in [5.74, 6) is -1.96. The fraction of sp³-hybridized carbons (Fsp3) is 0.100. The molecule has 0 bridgehead atoms. The highest BCUT2D eigenvalue weighted by molar-refractivity contribution is 6.04. The highest BCUT2D eigenvalue weighted by Crippen LogP contribution is 2.12. The van der Waals surface area contributed by atoms with Gasteiger partial charge in [-0.3, -0.25) is 14.9 Å². The van der Waals surface area contributed by atoms with Gasteiger partial charge in [-0.2, -0.15) is 0 Å². The molecule has 0 spiro atoms. The molecule has 0 aliphatic carbocycles. The van der Waals surface area contributed by atoms with Gasteiger partial charge in [0.1, 0.15) is 5.69 Å². The van der Waals surface area contributed by atoms with Crippen molar-refractivity contribution < 1.29 is 19.1 Å². The van der Waals surface area contributed by atoms with Crippen molar-refractivity contribution in [2.75, 3.05) is 6.61 Å². The van der Waals surface area contributed by atoms with Crippen molar-refractivity contribution in [3.63, 3.8) is 0 Å². The third-order valence-electron chi connectivity index (χ3n) is 3.79. The van der Waals surface area contributed by atoms with Gasteiger partial charge in [-0.25, -0.2) is 9.78 Å². The lowest BCUT2D eigenvalue weighted by molar-refractivity contribution is -0.143. The van der Waals surface area contributed by atoms with Crippen LogP contribution in [0.1, 0.15) is 16.2 Å². The SMILES string of the molecule is Cn1cccc1C(=O)NC(=O)COC(=O)C=Cc1ccc2ccccc2n1. The number of nitrogens with zero attached hydrogens (tertiary/aromatic N) is 2. The molecule has 3 aromatic rings. The van der Waals surface area contributed by atoms with Gasteiger partial charge in [0.05, 0.1) is 11.2 Å². The number of carbonyl (C=O) groups is 3. The zero-order valence-corrected chi connectivity index (χ0v) is 14.6. The molecule has 7 nitrogen and oxygen atoms in total. The standard InChI is InChI=1S/C20H17N3O4/c1-23-12-4-7-17(23)20(26)22-18(24)13-27-19(25)11-10-15-9-8-14-5-2-3-6-16(14)21-15/h2-12H,13H2,1H3,(H,22,24,26). The summed E-state index contributed by atoms with van der Waals surface area (Å²) in [7, 11) is 1.69. The molecule has 0 aliphatic heterocycles. The molecule has 3 rings (SSSR count). The number of ether oxygens (including phenoxy) is 1. The second-order valence-electron chi connectivity index (χ2n) is 5.75. The summed E-state index contributed by atoms with van der Waals surface area (Å²) < 4.78 is 6.41. The maximum Gasteiger partial charge on any atom is 0.331 e. The molecule has 7 heteroatoms. The van der Waals surface area contributed by atoms with Crippen LogP contribution in [0.15, 0.2) is 60.8 Å². The zero-order chi connectivity index (χ0) is 19.2. The molecule has 136 valence electrons. The van der Waals surface area contributed by atoms with Crippen LogP contribution in [-0.4, -0.2) is 33.9 Å². The molecule has 1 aromatic carbocycles. The van der Waals surface area contributed by atoms with E-state index in [9.17, 15) is 14.4 Å². The lowest BCUT2D eigenvalue weighted by Crippen LogP contribution is -2.34. The summed E-state index contributed by atoms with van der Waals surface area (Å²) in [5.41, 5.74) is 1.73. The molecule has 27 heavy (non-hydrogen) atoms. The molecule has 2 aromatic heterocycles. The number of aromatic nitrogens is 2. The lowest BCUT2D eigenvalue weighted by Gasteiger charge is -2.05. The van der Waals surface area contributed by atoms with Crippen molar-refractivity contribution in [1.82, 2.24) is 14.9 Å². The normalized spacial score (nSPS) is 10.9. The van der Waals surface area contributed by atoms with Crippen LogP contribution in [-0.2, 0) is 21.4 Å². The topological polar surface area (TPSA) is 90.3 Å². The van der Waals surface area contributed by atoms with Crippen molar-refractivity contribution >= 4 is 34.8 Å². The first kappa shape index (κ1) is 18.1. The Morgan fingerprint density at radius 2 is 1.93 bits per heavy atom. The fourth-order valence-electron chi connectivity index (χ4n) is 2.44. The van der Waals surface area contributed by atoms with Crippen LogP contribution in [0, 0.1) is 0 Å². The number of hydrogen-bond donors (Lipinski definition) is 1. The molecule has 0 radical (unpaired) electrons. The third-order valence-corrected chi connectivity index (χ3v) is 3.79. The fourth-order valence-corrected chi connectivity index (χ4v) is 2.44. The maximum absolute atomic E-state index is 11.9. The number of hydrogen-bond acceptors (Lipinski definition) is 5. The Bertz CT molecular complexity index is 1040. The van der Waals surface area contributed by atoms with E-state index in [0.717, 1.165) is 10.9 Å². The largest absolute Gasteiger partial charge is 0.452 e. The molecular weight excluding hydrogens is 346 g/mol. The number of para-hydroxylation sites is 1. The van der Waals surface area contributed by atoms with E-state index in [1.165, 1.54) is 12.2 Å². The van der Waals surface area contributed by atoms with E-state index in [0.29, 0.717) is 11.4 Å². The van der Waals surface area contributed by atoms with Gasteiger partial charge >= 0.3 is 5.97 Å². The van der Waals surface area contributed by atoms with Crippen LogP contribution < -0.4 is 5.32 Å². The van der Waals surface area contributed by atoms with Gasteiger partial charge in [0.15, 0.2) is 6.61 Å². The van der Waals surface area contributed by atoms with Gasteiger partial charge in [0.25, 0.3) is 11.8 Å². The van der Waals surface area contributed by atoms with Crippen molar-refractivity contribution in [2.24, 2.45) is 7.05 Å². The minimum absolute atomic E-state index is 0.331. The molecule has 0 saturated heterocycles. The van der Waals surface area contributed by atoms with Crippen LogP contribution in [0.4, 0.5) is 0 Å². The van der Waals surface area contributed by atoms with Gasteiger partial charge in [-0.15, -0.1) is 0 Å². The first-order chi connectivity index (χ1) is 13.0. The third kappa shape index (κ3) is 4.66. The average molecular weight is 363 g/mol. The first-order valence-corrected chi connectivity index (χ1v) is 8.19. The Balaban J connectivity index is 1.51. The maximum atomic E-state index is 11.9. The molecule has 2 amide bonds. The molecule has 0 unspecified atom stereocenters. The van der Waals surface area contributed by atoms with Gasteiger partial charge in [0.2, 0.25) is 0 Å². The number of benzene rings is 1. The summed E-state index contributed by atoms with van der Waals surface area (Å²) in [4.78, 5) is 39.8. The summed E-state index contributed by atoms with van der Waals surface area (Å²) in [5, 5.41) is 3.16.